The van der Waals surface area contributed by atoms with E-state index in [-0.39, 0.29) is 6.61 Å². The SMILES string of the molecule is CC(C)(O)COc1cc(-c2cccnc2)c2c(C#N)cnn2c1. The van der Waals surface area contributed by atoms with E-state index in [1.165, 1.54) is 6.20 Å². The van der Waals surface area contributed by atoms with Crippen molar-refractivity contribution in [1.29, 1.82) is 5.26 Å². The normalized spacial score (nSPS) is 11.4. The Hall–Kier alpha value is -2.91. The zero-order chi connectivity index (χ0) is 16.4. The van der Waals surface area contributed by atoms with Gasteiger partial charge in [0.1, 0.15) is 18.4 Å². The number of aliphatic hydroxyl groups is 1. The minimum atomic E-state index is -0.939. The Kier molecular flexibility index (Phi) is 3.72. The van der Waals surface area contributed by atoms with E-state index in [9.17, 15) is 10.4 Å². The molecule has 0 aliphatic carbocycles. The number of ether oxygens (including phenoxy) is 1. The van der Waals surface area contributed by atoms with E-state index in [1.807, 2.05) is 18.2 Å². The van der Waals surface area contributed by atoms with Crippen molar-refractivity contribution in [1.82, 2.24) is 14.6 Å². The third-order valence-corrected chi connectivity index (χ3v) is 3.27. The molecule has 0 atom stereocenters. The lowest BCUT2D eigenvalue weighted by Crippen LogP contribution is -2.27. The van der Waals surface area contributed by atoms with Crippen LogP contribution in [0.15, 0.2) is 43.0 Å². The number of hydrogen-bond acceptors (Lipinski definition) is 5. The fraction of sp³-hybridized carbons (Fsp3) is 0.235. The highest BCUT2D eigenvalue weighted by molar-refractivity contribution is 5.84. The molecule has 3 aromatic heterocycles. The van der Waals surface area contributed by atoms with Crippen LogP contribution in [0.1, 0.15) is 19.4 Å². The molecule has 0 aromatic carbocycles. The maximum atomic E-state index is 9.82. The van der Waals surface area contributed by atoms with E-state index in [0.29, 0.717) is 16.8 Å². The van der Waals surface area contributed by atoms with E-state index in [4.69, 9.17) is 4.74 Å². The largest absolute Gasteiger partial charge is 0.489 e. The zero-order valence-corrected chi connectivity index (χ0v) is 12.9. The Morgan fingerprint density at radius 1 is 1.39 bits per heavy atom. The fourth-order valence-electron chi connectivity index (χ4n) is 2.26. The first kappa shape index (κ1) is 15.0. The average molecular weight is 308 g/mol. The highest BCUT2D eigenvalue weighted by atomic mass is 16.5. The van der Waals surface area contributed by atoms with Crippen LogP contribution in [0.25, 0.3) is 16.6 Å². The monoisotopic (exact) mass is 308 g/mol. The average Bonchev–Trinajstić information content (AvgIpc) is 2.95. The van der Waals surface area contributed by atoms with E-state index in [2.05, 4.69) is 16.2 Å². The molecule has 3 rings (SSSR count). The van der Waals surface area contributed by atoms with Crippen LogP contribution in [-0.2, 0) is 0 Å². The van der Waals surface area contributed by atoms with E-state index in [1.54, 1.807) is 37.0 Å². The molecule has 0 saturated carbocycles. The lowest BCUT2D eigenvalue weighted by atomic mass is 10.1. The van der Waals surface area contributed by atoms with Crippen molar-refractivity contribution in [3.63, 3.8) is 0 Å². The topological polar surface area (TPSA) is 83.4 Å². The second-order valence-corrected chi connectivity index (χ2v) is 5.90. The van der Waals surface area contributed by atoms with Gasteiger partial charge >= 0.3 is 0 Å². The van der Waals surface area contributed by atoms with Gasteiger partial charge in [-0.2, -0.15) is 10.4 Å². The first-order valence-corrected chi connectivity index (χ1v) is 7.15. The van der Waals surface area contributed by atoms with Crippen LogP contribution in [0.4, 0.5) is 0 Å². The lowest BCUT2D eigenvalue weighted by Gasteiger charge is -2.18. The van der Waals surface area contributed by atoms with Crippen LogP contribution in [0, 0.1) is 11.3 Å². The molecule has 3 heterocycles. The molecular weight excluding hydrogens is 292 g/mol. The van der Waals surface area contributed by atoms with Gasteiger partial charge in [0, 0.05) is 23.5 Å². The van der Waals surface area contributed by atoms with Crippen molar-refractivity contribution in [2.45, 2.75) is 19.4 Å². The molecule has 116 valence electrons. The lowest BCUT2D eigenvalue weighted by molar-refractivity contribution is 0.0283. The van der Waals surface area contributed by atoms with E-state index >= 15 is 0 Å². The standard InChI is InChI=1S/C17H16N4O2/c1-17(2,22)11-23-14-6-15(12-4-3-5-19-8-12)16-13(7-18)9-20-21(16)10-14/h3-6,8-10,22H,11H2,1-2H3. The van der Waals surface area contributed by atoms with Crippen molar-refractivity contribution in [2.75, 3.05) is 6.61 Å². The Morgan fingerprint density at radius 3 is 2.87 bits per heavy atom. The van der Waals surface area contributed by atoms with Gasteiger partial charge in [0.05, 0.1) is 29.1 Å². The number of hydrogen-bond donors (Lipinski definition) is 1. The predicted octanol–water partition coefficient (Wildman–Crippen LogP) is 2.42. The van der Waals surface area contributed by atoms with Crippen LogP contribution in [0.2, 0.25) is 0 Å². The maximum Gasteiger partial charge on any atom is 0.138 e. The number of fused-ring (bicyclic) bond motifs is 1. The first-order valence-electron chi connectivity index (χ1n) is 7.15. The number of pyridine rings is 2. The molecule has 0 unspecified atom stereocenters. The highest BCUT2D eigenvalue weighted by Gasteiger charge is 2.16. The van der Waals surface area contributed by atoms with Gasteiger partial charge in [0.15, 0.2) is 0 Å². The summed E-state index contributed by atoms with van der Waals surface area (Å²) in [6, 6.07) is 7.73. The summed E-state index contributed by atoms with van der Waals surface area (Å²) in [4.78, 5) is 4.13. The third kappa shape index (κ3) is 3.15. The molecule has 0 bridgehead atoms. The molecule has 0 spiro atoms. The van der Waals surface area contributed by atoms with Crippen LogP contribution in [-0.4, -0.2) is 31.9 Å². The Bertz CT molecular complexity index is 873. The van der Waals surface area contributed by atoms with E-state index in [0.717, 1.165) is 11.1 Å². The summed E-state index contributed by atoms with van der Waals surface area (Å²) in [5, 5.41) is 23.3. The summed E-state index contributed by atoms with van der Waals surface area (Å²) in [5.74, 6) is 0.561. The summed E-state index contributed by atoms with van der Waals surface area (Å²) in [7, 11) is 0. The molecule has 1 N–H and O–H groups in total. The van der Waals surface area contributed by atoms with Crippen molar-refractivity contribution in [3.8, 4) is 22.9 Å². The Balaban J connectivity index is 2.14. The Labute approximate surface area is 133 Å². The van der Waals surface area contributed by atoms with Crippen LogP contribution < -0.4 is 4.74 Å². The minimum absolute atomic E-state index is 0.150. The van der Waals surface area contributed by atoms with E-state index < -0.39 is 5.60 Å². The molecule has 23 heavy (non-hydrogen) atoms. The van der Waals surface area contributed by atoms with Gasteiger partial charge in [-0.25, -0.2) is 4.52 Å². The smallest absolute Gasteiger partial charge is 0.138 e. The molecule has 6 heteroatoms. The molecule has 0 amide bonds. The maximum absolute atomic E-state index is 9.82. The summed E-state index contributed by atoms with van der Waals surface area (Å²) in [6.45, 7) is 3.50. The summed E-state index contributed by atoms with van der Waals surface area (Å²) in [6.07, 6.45) is 6.64. The van der Waals surface area contributed by atoms with Crippen LogP contribution in [0.3, 0.4) is 0 Å². The quantitative estimate of drug-likeness (QED) is 0.800. The van der Waals surface area contributed by atoms with Gasteiger partial charge in [0.25, 0.3) is 0 Å². The molecule has 0 aliphatic heterocycles. The van der Waals surface area contributed by atoms with Crippen LogP contribution in [0.5, 0.6) is 5.75 Å². The minimum Gasteiger partial charge on any atom is -0.489 e. The molecule has 0 aliphatic rings. The highest BCUT2D eigenvalue weighted by Crippen LogP contribution is 2.30. The molecular formula is C17H16N4O2. The summed E-state index contributed by atoms with van der Waals surface area (Å²) >= 11 is 0. The van der Waals surface area contributed by atoms with Gasteiger partial charge in [-0.05, 0) is 26.0 Å². The first-order chi connectivity index (χ1) is 11.0. The van der Waals surface area contributed by atoms with Gasteiger partial charge in [-0.15, -0.1) is 0 Å². The number of rotatable bonds is 4. The summed E-state index contributed by atoms with van der Waals surface area (Å²) in [5.41, 5.74) is 1.92. The number of nitriles is 1. The van der Waals surface area contributed by atoms with Gasteiger partial charge < -0.3 is 9.84 Å². The fourth-order valence-corrected chi connectivity index (χ4v) is 2.26. The van der Waals surface area contributed by atoms with Gasteiger partial charge in [-0.3, -0.25) is 4.98 Å². The molecule has 3 aromatic rings. The zero-order valence-electron chi connectivity index (χ0n) is 12.9. The molecule has 0 saturated heterocycles. The molecule has 6 nitrogen and oxygen atoms in total. The van der Waals surface area contributed by atoms with Crippen LogP contribution >= 0.6 is 0 Å². The van der Waals surface area contributed by atoms with Crippen molar-refractivity contribution >= 4 is 5.52 Å². The summed E-state index contributed by atoms with van der Waals surface area (Å²) < 4.78 is 7.28. The number of aromatic nitrogens is 3. The molecule has 0 fully saturated rings. The van der Waals surface area contributed by atoms with Crippen molar-refractivity contribution < 1.29 is 9.84 Å². The second kappa shape index (κ2) is 5.71. The predicted molar refractivity (Wildman–Crippen MR) is 84.9 cm³/mol. The number of nitrogens with zero attached hydrogens (tertiary/aromatic N) is 4. The second-order valence-electron chi connectivity index (χ2n) is 5.90. The Morgan fingerprint density at radius 2 is 2.22 bits per heavy atom. The molecule has 0 radical (unpaired) electrons. The van der Waals surface area contributed by atoms with Gasteiger partial charge in [-0.1, -0.05) is 6.07 Å². The van der Waals surface area contributed by atoms with Crippen molar-refractivity contribution in [2.24, 2.45) is 0 Å². The third-order valence-electron chi connectivity index (χ3n) is 3.27. The van der Waals surface area contributed by atoms with Gasteiger partial charge in [0.2, 0.25) is 0 Å². The van der Waals surface area contributed by atoms with Crippen molar-refractivity contribution in [3.05, 3.63) is 48.5 Å².